The van der Waals surface area contributed by atoms with Crippen molar-refractivity contribution >= 4 is 5.65 Å². The van der Waals surface area contributed by atoms with Crippen LogP contribution in [-0.2, 0) is 7.05 Å². The number of hydrogen-bond acceptors (Lipinski definition) is 2. The highest BCUT2D eigenvalue weighted by Gasteiger charge is 2.00. The van der Waals surface area contributed by atoms with Crippen LogP contribution in [0.5, 0.6) is 0 Å². The van der Waals surface area contributed by atoms with Gasteiger partial charge in [-0.3, -0.25) is 4.68 Å². The van der Waals surface area contributed by atoms with Crippen molar-refractivity contribution in [2.24, 2.45) is 7.05 Å². The molecule has 0 spiro atoms. The van der Waals surface area contributed by atoms with Gasteiger partial charge in [0.1, 0.15) is 5.82 Å². The highest BCUT2D eigenvalue weighted by molar-refractivity contribution is 5.35. The molecular weight excluding hydrogens is 128 g/mol. The fraction of sp³-hybridized carbons (Fsp3) is 0.333. The molecule has 0 bridgehead atoms. The molecule has 0 aliphatic carbocycles. The molecule has 10 heavy (non-hydrogen) atoms. The molecule has 4 heteroatoms. The Kier molecular flexibility index (Phi) is 0.869. The third kappa shape index (κ3) is 0.504. The van der Waals surface area contributed by atoms with E-state index in [1.54, 1.807) is 0 Å². The van der Waals surface area contributed by atoms with Crippen LogP contribution in [0.4, 0.5) is 0 Å². The first-order valence-corrected chi connectivity index (χ1v) is 3.12. The molecule has 0 unspecified atom stereocenters. The minimum absolute atomic E-state index is 0.903. The molecule has 2 aromatic heterocycles. The van der Waals surface area contributed by atoms with E-state index in [9.17, 15) is 0 Å². The van der Waals surface area contributed by atoms with Crippen LogP contribution in [0, 0.1) is 6.92 Å². The maximum absolute atomic E-state index is 3.93. The van der Waals surface area contributed by atoms with Crippen molar-refractivity contribution in [2.45, 2.75) is 6.92 Å². The van der Waals surface area contributed by atoms with Crippen LogP contribution in [0.2, 0.25) is 0 Å². The summed E-state index contributed by atoms with van der Waals surface area (Å²) in [5.74, 6) is 0.919. The third-order valence-corrected chi connectivity index (χ3v) is 1.58. The lowest BCUT2D eigenvalue weighted by Crippen LogP contribution is -1.98. The summed E-state index contributed by atoms with van der Waals surface area (Å²) in [4.78, 5) is 0. The number of rotatable bonds is 0. The zero-order valence-electron chi connectivity index (χ0n) is 5.94. The summed E-state index contributed by atoms with van der Waals surface area (Å²) >= 11 is 0. The van der Waals surface area contributed by atoms with Gasteiger partial charge in [-0.25, -0.2) is 4.52 Å². The molecular formula is C6H8N4. The predicted molar refractivity (Wildman–Crippen MR) is 36.7 cm³/mol. The van der Waals surface area contributed by atoms with E-state index in [-0.39, 0.29) is 0 Å². The van der Waals surface area contributed by atoms with E-state index in [4.69, 9.17) is 0 Å². The van der Waals surface area contributed by atoms with Gasteiger partial charge in [-0.2, -0.15) is 0 Å². The second-order valence-electron chi connectivity index (χ2n) is 2.31. The lowest BCUT2D eigenvalue weighted by molar-refractivity contribution is 0.684. The first-order valence-electron chi connectivity index (χ1n) is 3.12. The fourth-order valence-corrected chi connectivity index (χ4v) is 1.11. The largest absolute Gasteiger partial charge is 0.288 e. The van der Waals surface area contributed by atoms with Gasteiger partial charge in [0.05, 0.1) is 0 Å². The van der Waals surface area contributed by atoms with Gasteiger partial charge in [0.25, 0.3) is 0 Å². The Morgan fingerprint density at radius 1 is 1.40 bits per heavy atom. The fourth-order valence-electron chi connectivity index (χ4n) is 1.11. The Hall–Kier alpha value is -1.32. The molecule has 0 amide bonds. The van der Waals surface area contributed by atoms with Gasteiger partial charge < -0.3 is 0 Å². The van der Waals surface area contributed by atoms with Crippen LogP contribution in [0.15, 0.2) is 12.3 Å². The number of aryl methyl sites for hydroxylation is 2. The average molecular weight is 136 g/mol. The normalized spacial score (nSPS) is 11.0. The molecule has 2 heterocycles. The van der Waals surface area contributed by atoms with Gasteiger partial charge in [0, 0.05) is 19.3 Å². The first-order chi connectivity index (χ1) is 4.79. The Balaban J connectivity index is 2.98. The second-order valence-corrected chi connectivity index (χ2v) is 2.31. The molecule has 2 aromatic rings. The third-order valence-electron chi connectivity index (χ3n) is 1.58. The van der Waals surface area contributed by atoms with Crippen LogP contribution in [-0.4, -0.2) is 19.4 Å². The summed E-state index contributed by atoms with van der Waals surface area (Å²) in [5, 5.41) is 7.84. The van der Waals surface area contributed by atoms with Crippen LogP contribution >= 0.6 is 0 Å². The molecule has 4 nitrogen and oxygen atoms in total. The average Bonchev–Trinajstić information content (AvgIpc) is 2.40. The summed E-state index contributed by atoms with van der Waals surface area (Å²) in [7, 11) is 1.96. The van der Waals surface area contributed by atoms with Crippen molar-refractivity contribution in [1.82, 2.24) is 19.4 Å². The van der Waals surface area contributed by atoms with Crippen LogP contribution < -0.4 is 0 Å². The topological polar surface area (TPSA) is 35.1 Å². The van der Waals surface area contributed by atoms with Crippen LogP contribution in [0.25, 0.3) is 5.65 Å². The molecule has 0 aliphatic heterocycles. The van der Waals surface area contributed by atoms with E-state index in [1.165, 1.54) is 0 Å². The van der Waals surface area contributed by atoms with Crippen molar-refractivity contribution in [2.75, 3.05) is 0 Å². The molecule has 0 aromatic carbocycles. The van der Waals surface area contributed by atoms with E-state index in [1.807, 2.05) is 35.4 Å². The summed E-state index contributed by atoms with van der Waals surface area (Å²) in [5.41, 5.74) is 0.903. The van der Waals surface area contributed by atoms with Gasteiger partial charge >= 0.3 is 0 Å². The highest BCUT2D eigenvalue weighted by atomic mass is 15.4. The second kappa shape index (κ2) is 1.59. The van der Waals surface area contributed by atoms with Gasteiger partial charge in [0.2, 0.25) is 0 Å². The number of fused-ring (bicyclic) bond motifs is 1. The summed E-state index contributed by atoms with van der Waals surface area (Å²) in [6.07, 6.45) is 1.96. The number of hydrogen-bond donors (Lipinski definition) is 0. The summed E-state index contributed by atoms with van der Waals surface area (Å²) < 4.78 is 3.89. The van der Waals surface area contributed by atoms with E-state index in [0.29, 0.717) is 0 Å². The quantitative estimate of drug-likeness (QED) is 0.524. The Labute approximate surface area is 58.1 Å². The van der Waals surface area contributed by atoms with Gasteiger partial charge in [-0.05, 0) is 6.92 Å². The highest BCUT2D eigenvalue weighted by Crippen LogP contribution is 2.00. The molecule has 52 valence electrons. The lowest BCUT2D eigenvalue weighted by Gasteiger charge is -1.93. The molecule has 2 rings (SSSR count). The minimum Gasteiger partial charge on any atom is -0.288 e. The smallest absolute Gasteiger partial charge is 0.177 e. The molecule has 0 saturated carbocycles. The minimum atomic E-state index is 0.903. The molecule has 0 radical (unpaired) electrons. The molecule has 0 aliphatic rings. The van der Waals surface area contributed by atoms with Crippen molar-refractivity contribution in [3.63, 3.8) is 0 Å². The van der Waals surface area contributed by atoms with E-state index >= 15 is 0 Å². The van der Waals surface area contributed by atoms with Crippen LogP contribution in [0.1, 0.15) is 5.82 Å². The Morgan fingerprint density at radius 3 is 2.90 bits per heavy atom. The summed E-state index contributed by atoms with van der Waals surface area (Å²) in [6, 6.07) is 1.93. The SMILES string of the molecule is Cc1nnc2ccn(C)n12. The maximum atomic E-state index is 3.93. The van der Waals surface area contributed by atoms with Crippen molar-refractivity contribution < 1.29 is 0 Å². The molecule has 0 fully saturated rings. The summed E-state index contributed by atoms with van der Waals surface area (Å²) in [6.45, 7) is 1.93. The maximum Gasteiger partial charge on any atom is 0.177 e. The molecule has 0 saturated heterocycles. The monoisotopic (exact) mass is 136 g/mol. The van der Waals surface area contributed by atoms with E-state index < -0.39 is 0 Å². The number of nitrogens with zero attached hydrogens (tertiary/aromatic N) is 4. The van der Waals surface area contributed by atoms with Gasteiger partial charge in [0.15, 0.2) is 5.65 Å². The van der Waals surface area contributed by atoms with Crippen molar-refractivity contribution in [3.8, 4) is 0 Å². The van der Waals surface area contributed by atoms with Crippen molar-refractivity contribution in [1.29, 1.82) is 0 Å². The molecule has 0 atom stereocenters. The number of aromatic nitrogens is 4. The molecule has 0 N–H and O–H groups in total. The van der Waals surface area contributed by atoms with Crippen molar-refractivity contribution in [3.05, 3.63) is 18.1 Å². The standard InChI is InChI=1S/C6H8N4/c1-5-7-8-6-3-4-9(2)10(5)6/h3-4H,1-2H3. The van der Waals surface area contributed by atoms with Crippen LogP contribution in [0.3, 0.4) is 0 Å². The zero-order valence-corrected chi connectivity index (χ0v) is 5.94. The van der Waals surface area contributed by atoms with E-state index in [2.05, 4.69) is 10.2 Å². The van der Waals surface area contributed by atoms with Gasteiger partial charge in [-0.1, -0.05) is 0 Å². The predicted octanol–water partition coefficient (Wildman–Crippen LogP) is 0.376. The Morgan fingerprint density at radius 2 is 2.20 bits per heavy atom. The van der Waals surface area contributed by atoms with E-state index in [0.717, 1.165) is 11.5 Å². The Bertz CT molecular complexity index is 325. The first kappa shape index (κ1) is 5.46. The lowest BCUT2D eigenvalue weighted by atomic mass is 10.7. The zero-order chi connectivity index (χ0) is 7.14. The van der Waals surface area contributed by atoms with Gasteiger partial charge in [-0.15, -0.1) is 10.2 Å².